The largest absolute Gasteiger partial charge is 0.494 e. The SMILES string of the molecule is CCCOc1ccc(/C=C2\N=C(c3ccc(I)cc3)OC2=O)cc1. The van der Waals surface area contributed by atoms with Crippen molar-refractivity contribution in [1.29, 1.82) is 0 Å². The lowest BCUT2D eigenvalue weighted by atomic mass is 10.2. The van der Waals surface area contributed by atoms with Gasteiger partial charge in [-0.2, -0.15) is 0 Å². The first-order valence-electron chi connectivity index (χ1n) is 7.67. The highest BCUT2D eigenvalue weighted by molar-refractivity contribution is 14.1. The Bertz CT molecular complexity index is 792. The van der Waals surface area contributed by atoms with Gasteiger partial charge in [0.2, 0.25) is 5.90 Å². The molecule has 122 valence electrons. The van der Waals surface area contributed by atoms with Crippen molar-refractivity contribution >= 4 is 40.5 Å². The number of esters is 1. The van der Waals surface area contributed by atoms with Gasteiger partial charge in [-0.3, -0.25) is 0 Å². The molecule has 0 atom stereocenters. The fourth-order valence-electron chi connectivity index (χ4n) is 2.16. The number of carbonyl (C=O) groups excluding carboxylic acids is 1. The number of hydrogen-bond acceptors (Lipinski definition) is 4. The Kier molecular flexibility index (Phi) is 5.30. The molecule has 2 aromatic carbocycles. The number of rotatable bonds is 5. The first kappa shape index (κ1) is 16.7. The van der Waals surface area contributed by atoms with Crippen LogP contribution < -0.4 is 4.74 Å². The maximum absolute atomic E-state index is 12.0. The zero-order chi connectivity index (χ0) is 16.9. The molecule has 0 saturated carbocycles. The molecule has 0 bridgehead atoms. The smallest absolute Gasteiger partial charge is 0.363 e. The van der Waals surface area contributed by atoms with Crippen LogP contribution in [-0.2, 0) is 9.53 Å². The van der Waals surface area contributed by atoms with E-state index in [9.17, 15) is 4.79 Å². The van der Waals surface area contributed by atoms with E-state index in [-0.39, 0.29) is 0 Å². The number of halogens is 1. The number of aliphatic imine (C=N–C) groups is 1. The molecule has 0 aliphatic carbocycles. The number of hydrogen-bond donors (Lipinski definition) is 0. The lowest BCUT2D eigenvalue weighted by Crippen LogP contribution is -2.05. The molecule has 1 aliphatic rings. The molecule has 0 fully saturated rings. The summed E-state index contributed by atoms with van der Waals surface area (Å²) in [5.41, 5.74) is 1.96. The molecular formula is C19H16INO3. The molecule has 4 nitrogen and oxygen atoms in total. The molecule has 0 radical (unpaired) electrons. The van der Waals surface area contributed by atoms with Gasteiger partial charge in [0.1, 0.15) is 5.75 Å². The summed E-state index contributed by atoms with van der Waals surface area (Å²) in [5.74, 6) is 0.719. The minimum absolute atomic E-state index is 0.297. The van der Waals surface area contributed by atoms with E-state index < -0.39 is 5.97 Å². The van der Waals surface area contributed by atoms with Crippen molar-refractivity contribution in [3.63, 3.8) is 0 Å². The van der Waals surface area contributed by atoms with E-state index in [1.165, 1.54) is 0 Å². The second-order valence-electron chi connectivity index (χ2n) is 5.26. The lowest BCUT2D eigenvalue weighted by Gasteiger charge is -2.04. The summed E-state index contributed by atoms with van der Waals surface area (Å²) in [6.45, 7) is 2.75. The van der Waals surface area contributed by atoms with Crippen molar-refractivity contribution < 1.29 is 14.3 Å². The Balaban J connectivity index is 1.79. The number of benzene rings is 2. The molecule has 0 saturated heterocycles. The summed E-state index contributed by atoms with van der Waals surface area (Å²) in [5, 5.41) is 0. The fraction of sp³-hybridized carbons (Fsp3) is 0.158. The standard InChI is InChI=1S/C19H16INO3/c1-2-11-23-16-9-3-13(4-10-16)12-17-19(22)24-18(21-17)14-5-7-15(20)8-6-14/h3-10,12H,2,11H2,1H3/b17-12-. The monoisotopic (exact) mass is 433 g/mol. The third kappa shape index (κ3) is 4.03. The fourth-order valence-corrected chi connectivity index (χ4v) is 2.52. The highest BCUT2D eigenvalue weighted by Crippen LogP contribution is 2.21. The topological polar surface area (TPSA) is 47.9 Å². The van der Waals surface area contributed by atoms with E-state index in [0.29, 0.717) is 18.2 Å². The van der Waals surface area contributed by atoms with Crippen molar-refractivity contribution in [2.24, 2.45) is 4.99 Å². The van der Waals surface area contributed by atoms with E-state index in [4.69, 9.17) is 9.47 Å². The van der Waals surface area contributed by atoms with Crippen LogP contribution in [0.1, 0.15) is 24.5 Å². The minimum Gasteiger partial charge on any atom is -0.494 e. The summed E-state index contributed by atoms with van der Waals surface area (Å²) in [6.07, 6.45) is 2.68. The Morgan fingerprint density at radius 2 is 1.83 bits per heavy atom. The highest BCUT2D eigenvalue weighted by atomic mass is 127. The molecule has 0 aromatic heterocycles. The van der Waals surface area contributed by atoms with Crippen molar-refractivity contribution in [2.45, 2.75) is 13.3 Å². The first-order valence-corrected chi connectivity index (χ1v) is 8.75. The van der Waals surface area contributed by atoms with Gasteiger partial charge >= 0.3 is 5.97 Å². The Hall–Kier alpha value is -2.15. The van der Waals surface area contributed by atoms with Crippen molar-refractivity contribution in [2.75, 3.05) is 6.61 Å². The average molecular weight is 433 g/mol. The van der Waals surface area contributed by atoms with Gasteiger partial charge < -0.3 is 9.47 Å². The van der Waals surface area contributed by atoms with Gasteiger partial charge in [-0.15, -0.1) is 0 Å². The van der Waals surface area contributed by atoms with E-state index in [1.807, 2.05) is 48.5 Å². The minimum atomic E-state index is -0.435. The van der Waals surface area contributed by atoms with Crippen LogP contribution in [0.4, 0.5) is 0 Å². The third-order valence-corrected chi connectivity index (χ3v) is 4.09. The molecule has 1 heterocycles. The Morgan fingerprint density at radius 3 is 2.50 bits per heavy atom. The van der Waals surface area contributed by atoms with E-state index in [1.54, 1.807) is 6.08 Å². The Morgan fingerprint density at radius 1 is 1.12 bits per heavy atom. The summed E-state index contributed by atoms with van der Waals surface area (Å²) >= 11 is 2.22. The van der Waals surface area contributed by atoms with Crippen LogP contribution in [0.3, 0.4) is 0 Å². The zero-order valence-electron chi connectivity index (χ0n) is 13.2. The maximum Gasteiger partial charge on any atom is 0.363 e. The summed E-state index contributed by atoms with van der Waals surface area (Å²) in [7, 11) is 0. The molecule has 0 unspecified atom stereocenters. The number of nitrogens with zero attached hydrogens (tertiary/aromatic N) is 1. The molecule has 2 aromatic rings. The van der Waals surface area contributed by atoms with Crippen LogP contribution in [0, 0.1) is 3.57 Å². The van der Waals surface area contributed by atoms with Crippen molar-refractivity contribution in [1.82, 2.24) is 0 Å². The van der Waals surface area contributed by atoms with Gasteiger partial charge in [0.25, 0.3) is 0 Å². The molecule has 0 N–H and O–H groups in total. The van der Waals surface area contributed by atoms with Gasteiger partial charge in [-0.05, 0) is 77.0 Å². The van der Waals surface area contributed by atoms with E-state index >= 15 is 0 Å². The highest BCUT2D eigenvalue weighted by Gasteiger charge is 2.23. The van der Waals surface area contributed by atoms with Crippen LogP contribution in [0.2, 0.25) is 0 Å². The normalized spacial score (nSPS) is 15.3. The van der Waals surface area contributed by atoms with Gasteiger partial charge in [0.15, 0.2) is 5.70 Å². The van der Waals surface area contributed by atoms with E-state index in [0.717, 1.165) is 26.9 Å². The van der Waals surface area contributed by atoms with Gasteiger partial charge in [-0.25, -0.2) is 9.79 Å². The van der Waals surface area contributed by atoms with Gasteiger partial charge in [0, 0.05) is 9.13 Å². The van der Waals surface area contributed by atoms with Crippen LogP contribution in [0.5, 0.6) is 5.75 Å². The van der Waals surface area contributed by atoms with Crippen LogP contribution in [0.15, 0.2) is 59.2 Å². The predicted octanol–water partition coefficient (Wildman–Crippen LogP) is 4.42. The second kappa shape index (κ2) is 7.61. The zero-order valence-corrected chi connectivity index (χ0v) is 15.3. The van der Waals surface area contributed by atoms with Crippen molar-refractivity contribution in [3.05, 3.63) is 68.9 Å². The summed E-state index contributed by atoms with van der Waals surface area (Å²) in [4.78, 5) is 16.3. The molecule has 1 aliphatic heterocycles. The maximum atomic E-state index is 12.0. The van der Waals surface area contributed by atoms with Crippen LogP contribution >= 0.6 is 22.6 Å². The van der Waals surface area contributed by atoms with Gasteiger partial charge in [0.05, 0.1) is 6.61 Å². The quantitative estimate of drug-likeness (QED) is 0.399. The third-order valence-electron chi connectivity index (χ3n) is 3.37. The Labute approximate surface area is 154 Å². The number of cyclic esters (lactones) is 1. The predicted molar refractivity (Wildman–Crippen MR) is 102 cm³/mol. The molecule has 5 heteroatoms. The van der Waals surface area contributed by atoms with Crippen LogP contribution in [-0.4, -0.2) is 18.5 Å². The molecule has 24 heavy (non-hydrogen) atoms. The second-order valence-corrected chi connectivity index (χ2v) is 6.51. The van der Waals surface area contributed by atoms with E-state index in [2.05, 4.69) is 34.5 Å². The average Bonchev–Trinajstić information content (AvgIpc) is 2.95. The molecular weight excluding hydrogens is 417 g/mol. The van der Waals surface area contributed by atoms with Gasteiger partial charge in [-0.1, -0.05) is 19.1 Å². The number of carbonyl (C=O) groups is 1. The summed E-state index contributed by atoms with van der Waals surface area (Å²) in [6, 6.07) is 15.2. The molecule has 0 spiro atoms. The summed E-state index contributed by atoms with van der Waals surface area (Å²) < 4.78 is 11.9. The number of ether oxygens (including phenoxy) is 2. The lowest BCUT2D eigenvalue weighted by molar-refractivity contribution is -0.129. The van der Waals surface area contributed by atoms with Crippen LogP contribution in [0.25, 0.3) is 6.08 Å². The molecule has 0 amide bonds. The molecule has 3 rings (SSSR count). The van der Waals surface area contributed by atoms with Crippen molar-refractivity contribution in [3.8, 4) is 5.75 Å². The first-order chi connectivity index (χ1) is 11.7.